The van der Waals surface area contributed by atoms with Crippen molar-refractivity contribution < 1.29 is 23.1 Å². The van der Waals surface area contributed by atoms with Crippen molar-refractivity contribution in [1.82, 2.24) is 0 Å². The molecule has 1 aliphatic heterocycles. The van der Waals surface area contributed by atoms with Crippen LogP contribution < -0.4 is 4.90 Å². The summed E-state index contributed by atoms with van der Waals surface area (Å²) in [5.74, 6) is -3.94. The van der Waals surface area contributed by atoms with Crippen LogP contribution in [0.1, 0.15) is 17.9 Å². The van der Waals surface area contributed by atoms with Gasteiger partial charge in [-0.05, 0) is 51.8 Å². The van der Waals surface area contributed by atoms with Crippen LogP contribution in [0.4, 0.5) is 18.9 Å². The van der Waals surface area contributed by atoms with Gasteiger partial charge < -0.3 is 5.11 Å². The lowest BCUT2D eigenvalue weighted by molar-refractivity contribution is -0.118. The number of amides is 1. The molecule has 1 fully saturated rings. The van der Waals surface area contributed by atoms with Crippen LogP contribution in [0.3, 0.4) is 0 Å². The molecule has 2 aromatic rings. The SMILES string of the molecule is O=C1C(c2ccc(F)c(F)c2)CC(O)N1c1ccc(Br)c(F)c1. The number of hydrogen-bond donors (Lipinski definition) is 1. The molecule has 0 radical (unpaired) electrons. The Kier molecular flexibility index (Phi) is 4.16. The Balaban J connectivity index is 1.94. The molecule has 2 unspecified atom stereocenters. The molecule has 1 N–H and O–H groups in total. The van der Waals surface area contributed by atoms with E-state index in [0.29, 0.717) is 0 Å². The monoisotopic (exact) mass is 385 g/mol. The van der Waals surface area contributed by atoms with Gasteiger partial charge in [-0.2, -0.15) is 0 Å². The summed E-state index contributed by atoms with van der Waals surface area (Å²) in [4.78, 5) is 13.6. The van der Waals surface area contributed by atoms with Gasteiger partial charge in [0.05, 0.1) is 10.4 Å². The number of carbonyl (C=O) groups is 1. The number of carbonyl (C=O) groups excluding carboxylic acids is 1. The number of rotatable bonds is 2. The van der Waals surface area contributed by atoms with Crippen LogP contribution in [0.2, 0.25) is 0 Å². The van der Waals surface area contributed by atoms with Crippen molar-refractivity contribution in [3.8, 4) is 0 Å². The van der Waals surface area contributed by atoms with E-state index in [9.17, 15) is 23.1 Å². The van der Waals surface area contributed by atoms with E-state index in [1.807, 2.05) is 0 Å². The molecule has 1 heterocycles. The van der Waals surface area contributed by atoms with E-state index >= 15 is 0 Å². The molecule has 1 amide bonds. The van der Waals surface area contributed by atoms with Crippen LogP contribution in [0, 0.1) is 17.5 Å². The molecule has 1 aliphatic rings. The van der Waals surface area contributed by atoms with Gasteiger partial charge in [-0.25, -0.2) is 13.2 Å². The van der Waals surface area contributed by atoms with Crippen LogP contribution in [0.5, 0.6) is 0 Å². The zero-order chi connectivity index (χ0) is 16.7. The highest BCUT2D eigenvalue weighted by molar-refractivity contribution is 9.10. The summed E-state index contributed by atoms with van der Waals surface area (Å²) in [6.45, 7) is 0. The molecule has 0 aliphatic carbocycles. The van der Waals surface area contributed by atoms with Crippen LogP contribution in [0.25, 0.3) is 0 Å². The number of nitrogens with zero attached hydrogens (tertiary/aromatic N) is 1. The zero-order valence-electron chi connectivity index (χ0n) is 11.6. The number of halogens is 4. The lowest BCUT2D eigenvalue weighted by Crippen LogP contribution is -2.33. The minimum absolute atomic E-state index is 0.0155. The summed E-state index contributed by atoms with van der Waals surface area (Å²) in [5, 5.41) is 10.1. The molecule has 23 heavy (non-hydrogen) atoms. The average Bonchev–Trinajstić information content (AvgIpc) is 2.80. The Labute approximate surface area is 138 Å². The number of benzene rings is 2. The Morgan fingerprint density at radius 3 is 2.43 bits per heavy atom. The molecule has 0 bridgehead atoms. The Morgan fingerprint density at radius 1 is 1.04 bits per heavy atom. The first-order valence-electron chi connectivity index (χ1n) is 6.79. The summed E-state index contributed by atoms with van der Waals surface area (Å²) >= 11 is 3.01. The molecule has 2 atom stereocenters. The van der Waals surface area contributed by atoms with Gasteiger partial charge in [0.15, 0.2) is 11.6 Å². The Hall–Kier alpha value is -1.86. The van der Waals surface area contributed by atoms with Gasteiger partial charge in [0.25, 0.3) is 0 Å². The van der Waals surface area contributed by atoms with Gasteiger partial charge in [-0.1, -0.05) is 6.07 Å². The predicted molar refractivity (Wildman–Crippen MR) is 81.3 cm³/mol. The molecule has 120 valence electrons. The van der Waals surface area contributed by atoms with E-state index in [4.69, 9.17) is 0 Å². The van der Waals surface area contributed by atoms with Gasteiger partial charge in [-0.3, -0.25) is 9.69 Å². The highest BCUT2D eigenvalue weighted by Crippen LogP contribution is 2.36. The van der Waals surface area contributed by atoms with Crippen LogP contribution >= 0.6 is 15.9 Å². The van der Waals surface area contributed by atoms with E-state index in [0.717, 1.165) is 23.1 Å². The van der Waals surface area contributed by atoms with Gasteiger partial charge in [0, 0.05) is 12.1 Å². The van der Waals surface area contributed by atoms with Gasteiger partial charge in [-0.15, -0.1) is 0 Å². The highest BCUT2D eigenvalue weighted by atomic mass is 79.9. The van der Waals surface area contributed by atoms with Crippen molar-refractivity contribution in [1.29, 1.82) is 0 Å². The van der Waals surface area contributed by atoms with Gasteiger partial charge in [0.2, 0.25) is 5.91 Å². The maximum absolute atomic E-state index is 13.6. The van der Waals surface area contributed by atoms with Crippen molar-refractivity contribution in [2.45, 2.75) is 18.6 Å². The van der Waals surface area contributed by atoms with E-state index in [-0.39, 0.29) is 22.1 Å². The van der Waals surface area contributed by atoms with Crippen LogP contribution in [-0.2, 0) is 4.79 Å². The van der Waals surface area contributed by atoms with E-state index in [1.54, 1.807) is 0 Å². The normalized spacial score (nSPS) is 21.1. The van der Waals surface area contributed by atoms with Crippen molar-refractivity contribution in [3.05, 3.63) is 63.9 Å². The first kappa shape index (κ1) is 16.0. The van der Waals surface area contributed by atoms with Crippen molar-refractivity contribution in [2.75, 3.05) is 4.90 Å². The molecule has 2 aromatic carbocycles. The van der Waals surface area contributed by atoms with Gasteiger partial charge in [0.1, 0.15) is 12.0 Å². The van der Waals surface area contributed by atoms with Gasteiger partial charge >= 0.3 is 0 Å². The maximum atomic E-state index is 13.6. The first-order valence-corrected chi connectivity index (χ1v) is 7.59. The molecular weight excluding hydrogens is 375 g/mol. The quantitative estimate of drug-likeness (QED) is 0.855. The van der Waals surface area contributed by atoms with Crippen LogP contribution in [-0.4, -0.2) is 17.2 Å². The summed E-state index contributed by atoms with van der Waals surface area (Å²) in [7, 11) is 0. The van der Waals surface area contributed by atoms with Crippen molar-refractivity contribution >= 4 is 27.5 Å². The van der Waals surface area contributed by atoms with E-state index in [2.05, 4.69) is 15.9 Å². The largest absolute Gasteiger partial charge is 0.373 e. The lowest BCUT2D eigenvalue weighted by atomic mass is 9.97. The molecule has 3 nitrogen and oxygen atoms in total. The molecule has 0 spiro atoms. The summed E-state index contributed by atoms with van der Waals surface area (Å²) in [5.41, 5.74) is 0.473. The fourth-order valence-electron chi connectivity index (χ4n) is 2.67. The number of aliphatic hydroxyl groups is 1. The fraction of sp³-hybridized carbons (Fsp3) is 0.188. The first-order chi connectivity index (χ1) is 10.9. The second-order valence-electron chi connectivity index (χ2n) is 5.25. The minimum atomic E-state index is -1.17. The number of hydrogen-bond acceptors (Lipinski definition) is 2. The lowest BCUT2D eigenvalue weighted by Gasteiger charge is -2.21. The Bertz CT molecular complexity index is 784. The predicted octanol–water partition coefficient (Wildman–Crippen LogP) is 3.71. The second-order valence-corrected chi connectivity index (χ2v) is 6.10. The molecule has 0 saturated carbocycles. The van der Waals surface area contributed by atoms with Crippen molar-refractivity contribution in [2.24, 2.45) is 0 Å². The molecule has 0 aromatic heterocycles. The Morgan fingerprint density at radius 2 is 1.78 bits per heavy atom. The molecule has 1 saturated heterocycles. The van der Waals surface area contributed by atoms with Crippen molar-refractivity contribution in [3.63, 3.8) is 0 Å². The third kappa shape index (κ3) is 2.86. The standard InChI is InChI=1S/C16H11BrF3NO2/c17-11-3-2-9(6-13(11)19)21-15(22)7-10(16(21)23)8-1-4-12(18)14(20)5-8/h1-6,10,15,22H,7H2. The molecule has 7 heteroatoms. The van der Waals surface area contributed by atoms with E-state index < -0.39 is 35.5 Å². The smallest absolute Gasteiger partial charge is 0.236 e. The molecule has 3 rings (SSSR count). The molecular formula is C16H11BrF3NO2. The van der Waals surface area contributed by atoms with Crippen LogP contribution in [0.15, 0.2) is 40.9 Å². The zero-order valence-corrected chi connectivity index (χ0v) is 13.2. The minimum Gasteiger partial charge on any atom is -0.373 e. The third-order valence-electron chi connectivity index (χ3n) is 3.81. The second kappa shape index (κ2) is 5.98. The highest BCUT2D eigenvalue weighted by Gasteiger charge is 2.40. The summed E-state index contributed by atoms with van der Waals surface area (Å²) in [6, 6.07) is 7.22. The fourth-order valence-corrected chi connectivity index (χ4v) is 2.92. The number of anilines is 1. The number of aliphatic hydroxyl groups excluding tert-OH is 1. The topological polar surface area (TPSA) is 40.5 Å². The summed E-state index contributed by atoms with van der Waals surface area (Å²) in [6.07, 6.45) is -1.15. The summed E-state index contributed by atoms with van der Waals surface area (Å²) < 4.78 is 40.3. The average molecular weight is 386 g/mol. The van der Waals surface area contributed by atoms with E-state index in [1.165, 1.54) is 18.2 Å². The maximum Gasteiger partial charge on any atom is 0.236 e. The third-order valence-corrected chi connectivity index (χ3v) is 4.45.